The average molecular weight is 295 g/mol. The summed E-state index contributed by atoms with van der Waals surface area (Å²) in [5, 5.41) is 7.66. The fraction of sp³-hybridized carbons (Fsp3) is 0.333. The Morgan fingerprint density at radius 2 is 2.24 bits per heavy atom. The van der Waals surface area contributed by atoms with Crippen molar-refractivity contribution in [1.82, 2.24) is 14.8 Å². The van der Waals surface area contributed by atoms with Gasteiger partial charge >= 0.3 is 0 Å². The molecule has 17 heavy (non-hydrogen) atoms. The van der Waals surface area contributed by atoms with E-state index in [0.29, 0.717) is 0 Å². The fourth-order valence-electron chi connectivity index (χ4n) is 1.60. The molecular formula is C12H15BrN4. The van der Waals surface area contributed by atoms with Crippen LogP contribution in [0.3, 0.4) is 0 Å². The molecule has 0 fully saturated rings. The van der Waals surface area contributed by atoms with E-state index < -0.39 is 0 Å². The van der Waals surface area contributed by atoms with Crippen molar-refractivity contribution in [2.45, 2.75) is 26.4 Å². The largest absolute Gasteiger partial charge is 0.377 e. The van der Waals surface area contributed by atoms with E-state index in [1.807, 2.05) is 23.1 Å². The highest BCUT2D eigenvalue weighted by Crippen LogP contribution is 2.20. The van der Waals surface area contributed by atoms with Gasteiger partial charge in [0.1, 0.15) is 0 Å². The van der Waals surface area contributed by atoms with Gasteiger partial charge in [-0.25, -0.2) is 0 Å². The highest BCUT2D eigenvalue weighted by Gasteiger charge is 2.07. The van der Waals surface area contributed by atoms with Crippen molar-refractivity contribution in [2.24, 2.45) is 0 Å². The number of anilines is 1. The normalized spacial score (nSPS) is 12.4. The number of hydrogen-bond acceptors (Lipinski definition) is 3. The lowest BCUT2D eigenvalue weighted by molar-refractivity contribution is 0.658. The van der Waals surface area contributed by atoms with Gasteiger partial charge in [-0.15, -0.1) is 0 Å². The van der Waals surface area contributed by atoms with Crippen LogP contribution in [0.15, 0.2) is 35.3 Å². The molecule has 2 rings (SSSR count). The van der Waals surface area contributed by atoms with Gasteiger partial charge in [-0.2, -0.15) is 5.10 Å². The van der Waals surface area contributed by atoms with Crippen LogP contribution in [0, 0.1) is 0 Å². The number of rotatable bonds is 4. The summed E-state index contributed by atoms with van der Waals surface area (Å²) in [5.74, 6) is 0. The zero-order valence-electron chi connectivity index (χ0n) is 9.89. The number of aryl methyl sites for hydroxylation is 1. The molecule has 5 heteroatoms. The number of nitrogens with one attached hydrogen (secondary N) is 1. The molecule has 0 aliphatic heterocycles. The van der Waals surface area contributed by atoms with Crippen LogP contribution >= 0.6 is 15.9 Å². The van der Waals surface area contributed by atoms with Gasteiger partial charge in [0, 0.05) is 29.0 Å². The molecule has 1 atom stereocenters. The van der Waals surface area contributed by atoms with Crippen LogP contribution in [0.25, 0.3) is 0 Å². The van der Waals surface area contributed by atoms with Gasteiger partial charge in [0.15, 0.2) is 0 Å². The number of aromatic nitrogens is 3. The molecule has 0 aromatic carbocycles. The smallest absolute Gasteiger partial charge is 0.0542 e. The van der Waals surface area contributed by atoms with Crippen LogP contribution in [0.2, 0.25) is 0 Å². The van der Waals surface area contributed by atoms with E-state index in [-0.39, 0.29) is 6.04 Å². The number of pyridine rings is 1. The van der Waals surface area contributed by atoms with Crippen LogP contribution in [-0.2, 0) is 6.54 Å². The summed E-state index contributed by atoms with van der Waals surface area (Å²) in [5.41, 5.74) is 2.17. The minimum Gasteiger partial charge on any atom is -0.377 e. The standard InChI is InChI=1S/C12H15BrN4/c1-3-17-8-10(5-15-17)9(2)16-12-4-11(13)6-14-7-12/h4-9,16H,3H2,1-2H3. The molecule has 0 aliphatic carbocycles. The molecule has 2 heterocycles. The van der Waals surface area contributed by atoms with Gasteiger partial charge in [0.05, 0.1) is 24.1 Å². The molecule has 2 aromatic rings. The maximum Gasteiger partial charge on any atom is 0.0542 e. The Hall–Kier alpha value is -1.36. The summed E-state index contributed by atoms with van der Waals surface area (Å²) in [4.78, 5) is 4.12. The predicted molar refractivity (Wildman–Crippen MR) is 71.9 cm³/mol. The van der Waals surface area contributed by atoms with Gasteiger partial charge < -0.3 is 5.32 Å². The number of halogens is 1. The summed E-state index contributed by atoms with van der Waals surface area (Å²) in [7, 11) is 0. The average Bonchev–Trinajstić information content (AvgIpc) is 2.77. The molecule has 90 valence electrons. The SMILES string of the molecule is CCn1cc(C(C)Nc2cncc(Br)c2)cn1. The lowest BCUT2D eigenvalue weighted by Gasteiger charge is -2.13. The van der Waals surface area contributed by atoms with E-state index in [1.165, 1.54) is 5.56 Å². The third kappa shape index (κ3) is 3.06. The first-order valence-electron chi connectivity index (χ1n) is 5.58. The topological polar surface area (TPSA) is 42.7 Å². The zero-order chi connectivity index (χ0) is 12.3. The Labute approximate surface area is 109 Å². The molecular weight excluding hydrogens is 280 g/mol. The van der Waals surface area contributed by atoms with Gasteiger partial charge in [0.25, 0.3) is 0 Å². The number of hydrogen-bond donors (Lipinski definition) is 1. The van der Waals surface area contributed by atoms with E-state index >= 15 is 0 Å². The lowest BCUT2D eigenvalue weighted by atomic mass is 10.2. The van der Waals surface area contributed by atoms with Crippen molar-refractivity contribution in [3.05, 3.63) is 40.9 Å². The molecule has 0 bridgehead atoms. The second-order valence-electron chi connectivity index (χ2n) is 3.89. The van der Waals surface area contributed by atoms with E-state index in [0.717, 1.165) is 16.7 Å². The summed E-state index contributed by atoms with van der Waals surface area (Å²) in [6, 6.07) is 2.22. The molecule has 0 radical (unpaired) electrons. The minimum absolute atomic E-state index is 0.214. The van der Waals surface area contributed by atoms with E-state index in [2.05, 4.69) is 51.4 Å². The summed E-state index contributed by atoms with van der Waals surface area (Å²) >= 11 is 3.40. The quantitative estimate of drug-likeness (QED) is 0.941. The molecule has 1 unspecified atom stereocenters. The van der Waals surface area contributed by atoms with Crippen molar-refractivity contribution in [3.63, 3.8) is 0 Å². The van der Waals surface area contributed by atoms with Crippen molar-refractivity contribution < 1.29 is 0 Å². The molecule has 0 saturated carbocycles. The minimum atomic E-state index is 0.214. The Morgan fingerprint density at radius 1 is 1.41 bits per heavy atom. The Kier molecular flexibility index (Phi) is 3.78. The highest BCUT2D eigenvalue weighted by atomic mass is 79.9. The maximum absolute atomic E-state index is 4.27. The molecule has 0 saturated heterocycles. The van der Waals surface area contributed by atoms with Crippen LogP contribution in [0.4, 0.5) is 5.69 Å². The van der Waals surface area contributed by atoms with Gasteiger partial charge in [0.2, 0.25) is 0 Å². The maximum atomic E-state index is 4.27. The van der Waals surface area contributed by atoms with Crippen LogP contribution in [0.5, 0.6) is 0 Å². The van der Waals surface area contributed by atoms with E-state index in [1.54, 1.807) is 6.20 Å². The lowest BCUT2D eigenvalue weighted by Crippen LogP contribution is -2.06. The third-order valence-electron chi connectivity index (χ3n) is 2.57. The second kappa shape index (κ2) is 5.31. The van der Waals surface area contributed by atoms with Gasteiger partial charge in [-0.1, -0.05) is 0 Å². The summed E-state index contributed by atoms with van der Waals surface area (Å²) in [6.45, 7) is 5.08. The summed E-state index contributed by atoms with van der Waals surface area (Å²) < 4.78 is 2.89. The Morgan fingerprint density at radius 3 is 2.88 bits per heavy atom. The molecule has 4 nitrogen and oxygen atoms in total. The molecule has 0 amide bonds. The first-order chi connectivity index (χ1) is 8.19. The second-order valence-corrected chi connectivity index (χ2v) is 4.80. The van der Waals surface area contributed by atoms with Crippen LogP contribution in [-0.4, -0.2) is 14.8 Å². The van der Waals surface area contributed by atoms with Gasteiger partial charge in [-0.3, -0.25) is 9.67 Å². The van der Waals surface area contributed by atoms with Crippen molar-refractivity contribution in [2.75, 3.05) is 5.32 Å². The van der Waals surface area contributed by atoms with Crippen LogP contribution in [0.1, 0.15) is 25.5 Å². The first-order valence-corrected chi connectivity index (χ1v) is 6.37. The van der Waals surface area contributed by atoms with Crippen LogP contribution < -0.4 is 5.32 Å². The monoisotopic (exact) mass is 294 g/mol. The molecule has 0 aliphatic rings. The molecule has 2 aromatic heterocycles. The van der Waals surface area contributed by atoms with Crippen molar-refractivity contribution >= 4 is 21.6 Å². The Bertz CT molecular complexity index is 495. The Balaban J connectivity index is 2.08. The predicted octanol–water partition coefficient (Wildman–Crippen LogP) is 3.23. The molecule has 0 spiro atoms. The fourth-order valence-corrected chi connectivity index (χ4v) is 1.97. The van der Waals surface area contributed by atoms with Crippen molar-refractivity contribution in [3.8, 4) is 0 Å². The van der Waals surface area contributed by atoms with Crippen molar-refractivity contribution in [1.29, 1.82) is 0 Å². The number of nitrogens with zero attached hydrogens (tertiary/aromatic N) is 3. The first kappa shape index (κ1) is 12.1. The molecule has 1 N–H and O–H groups in total. The van der Waals surface area contributed by atoms with Gasteiger partial charge in [-0.05, 0) is 35.8 Å². The van der Waals surface area contributed by atoms with E-state index in [9.17, 15) is 0 Å². The van der Waals surface area contributed by atoms with E-state index in [4.69, 9.17) is 0 Å². The highest BCUT2D eigenvalue weighted by molar-refractivity contribution is 9.10. The summed E-state index contributed by atoms with van der Waals surface area (Å²) in [6.07, 6.45) is 7.53. The third-order valence-corrected chi connectivity index (χ3v) is 3.00. The zero-order valence-corrected chi connectivity index (χ0v) is 11.5.